The Morgan fingerprint density at radius 1 is 0.647 bits per heavy atom. The summed E-state index contributed by atoms with van der Waals surface area (Å²) in [5.74, 6) is 0. The third-order valence-electron chi connectivity index (χ3n) is 2.68. The fraction of sp³-hybridized carbons (Fsp3) is 1.00. The normalized spacial score (nSPS) is 9.88. The van der Waals surface area contributed by atoms with E-state index in [1.54, 1.807) is 0 Å². The van der Waals surface area contributed by atoms with Gasteiger partial charge in [0, 0.05) is 0 Å². The molecule has 0 aliphatic rings. The van der Waals surface area contributed by atoms with Crippen molar-refractivity contribution < 1.29 is 58.9 Å². The Labute approximate surface area is 144 Å². The molecule has 0 aromatic heterocycles. The van der Waals surface area contributed by atoms with Crippen molar-refractivity contribution in [1.29, 1.82) is 0 Å². The zero-order valence-corrected chi connectivity index (χ0v) is 16.1. The van der Waals surface area contributed by atoms with Gasteiger partial charge in [-0.2, -0.15) is 0 Å². The summed E-state index contributed by atoms with van der Waals surface area (Å²) in [5.41, 5.74) is 0. The molecule has 0 saturated heterocycles. The summed E-state index contributed by atoms with van der Waals surface area (Å²) in [5, 5.41) is 0. The smallest absolute Gasteiger partial charge is 1.00 e. The Kier molecular flexibility index (Phi) is 27.8. The van der Waals surface area contributed by atoms with Gasteiger partial charge in [-0.1, -0.05) is 45.4 Å². The van der Waals surface area contributed by atoms with Crippen LogP contribution in [0.2, 0.25) is 0 Å². The monoisotopic (exact) mass is 293 g/mol. The maximum atomic E-state index is 2.28. The molecule has 0 rings (SSSR count). The van der Waals surface area contributed by atoms with Gasteiger partial charge < -0.3 is 29.3 Å². The number of quaternary nitrogens is 1. The number of nitrogens with zero attached hydrogens (tertiary/aromatic N) is 1. The number of unbranched alkanes of at least 4 members (excludes halogenated alkanes) is 7. The van der Waals surface area contributed by atoms with E-state index in [-0.39, 0.29) is 54.4 Å². The molecule has 0 fully saturated rings. The van der Waals surface area contributed by atoms with Crippen molar-refractivity contribution >= 4 is 0 Å². The molecule has 0 aromatic carbocycles. The van der Waals surface area contributed by atoms with Crippen molar-refractivity contribution in [3.05, 3.63) is 0 Å². The van der Waals surface area contributed by atoms with Crippen LogP contribution in [0.5, 0.6) is 0 Å². The summed E-state index contributed by atoms with van der Waals surface area (Å²) >= 11 is 0. The summed E-state index contributed by atoms with van der Waals surface area (Å²) in [6.07, 6.45) is 11.4. The van der Waals surface area contributed by atoms with E-state index >= 15 is 0 Å². The third-order valence-corrected chi connectivity index (χ3v) is 2.68. The summed E-state index contributed by atoms with van der Waals surface area (Å²) in [6.45, 7) is 3.61. The average molecular weight is 294 g/mol. The predicted octanol–water partition coefficient (Wildman–Crippen LogP) is -5.15. The predicted molar refractivity (Wildman–Crippen MR) is 65.5 cm³/mol. The van der Waals surface area contributed by atoms with Gasteiger partial charge in [0.2, 0.25) is 0 Å². The molecular formula is C13H30Cl2NNa. The Morgan fingerprint density at radius 2 is 1.00 bits per heavy atom. The summed E-state index contributed by atoms with van der Waals surface area (Å²) in [4.78, 5) is 0. The second kappa shape index (κ2) is 17.5. The first-order valence-electron chi connectivity index (χ1n) is 6.36. The number of halogens is 2. The maximum absolute atomic E-state index is 2.28. The Bertz CT molecular complexity index is 127. The standard InChI is InChI=1S/C13H30N.2ClH.Na/c1-5-6-7-8-9-10-11-12-13-14(2,3)4;;;/h5-13H2,1-4H3;2*1H;/q+1;;;+1/p-2. The minimum atomic E-state index is 0. The molecule has 0 aromatic rings. The van der Waals surface area contributed by atoms with E-state index < -0.39 is 0 Å². The van der Waals surface area contributed by atoms with Crippen molar-refractivity contribution in [3.63, 3.8) is 0 Å². The Hall–Kier alpha value is 1.54. The molecule has 0 aliphatic carbocycles. The number of hydrogen-bond acceptors (Lipinski definition) is 0. The van der Waals surface area contributed by atoms with Crippen LogP contribution >= 0.6 is 0 Å². The first kappa shape index (κ1) is 27.0. The molecule has 17 heavy (non-hydrogen) atoms. The topological polar surface area (TPSA) is 0 Å². The largest absolute Gasteiger partial charge is 1.00 e. The van der Waals surface area contributed by atoms with Crippen molar-refractivity contribution in [2.24, 2.45) is 0 Å². The van der Waals surface area contributed by atoms with E-state index in [0.717, 1.165) is 4.48 Å². The van der Waals surface area contributed by atoms with Crippen LogP contribution in [-0.4, -0.2) is 32.2 Å². The van der Waals surface area contributed by atoms with Crippen LogP contribution in [-0.2, 0) is 0 Å². The molecule has 0 atom stereocenters. The second-order valence-electron chi connectivity index (χ2n) is 5.49. The Balaban J connectivity index is -0.000000282. The molecule has 0 unspecified atom stereocenters. The van der Waals surface area contributed by atoms with Gasteiger partial charge in [0.05, 0.1) is 27.7 Å². The van der Waals surface area contributed by atoms with Crippen molar-refractivity contribution in [3.8, 4) is 0 Å². The van der Waals surface area contributed by atoms with Gasteiger partial charge >= 0.3 is 29.6 Å². The Morgan fingerprint density at radius 3 is 1.35 bits per heavy atom. The van der Waals surface area contributed by atoms with E-state index in [9.17, 15) is 0 Å². The molecule has 0 aliphatic heterocycles. The zero-order chi connectivity index (χ0) is 10.9. The molecule has 4 heteroatoms. The van der Waals surface area contributed by atoms with E-state index in [1.165, 1.54) is 57.9 Å². The molecule has 0 N–H and O–H groups in total. The first-order valence-corrected chi connectivity index (χ1v) is 6.36. The minimum absolute atomic E-state index is 0. The maximum Gasteiger partial charge on any atom is 1.00 e. The number of hydrogen-bond donors (Lipinski definition) is 0. The van der Waals surface area contributed by atoms with E-state index in [2.05, 4.69) is 28.1 Å². The molecule has 0 bridgehead atoms. The van der Waals surface area contributed by atoms with Crippen molar-refractivity contribution in [2.45, 2.75) is 58.3 Å². The molecule has 102 valence electrons. The van der Waals surface area contributed by atoms with Gasteiger partial charge in [-0.3, -0.25) is 0 Å². The van der Waals surface area contributed by atoms with E-state index in [1.807, 2.05) is 0 Å². The molecule has 0 spiro atoms. The van der Waals surface area contributed by atoms with Crippen molar-refractivity contribution in [2.75, 3.05) is 27.7 Å². The molecule has 0 heterocycles. The number of rotatable bonds is 9. The van der Waals surface area contributed by atoms with Crippen LogP contribution in [0.25, 0.3) is 0 Å². The molecule has 1 nitrogen and oxygen atoms in total. The molecule has 0 saturated carbocycles. The summed E-state index contributed by atoms with van der Waals surface area (Å²) in [6, 6.07) is 0. The minimum Gasteiger partial charge on any atom is -1.00 e. The quantitative estimate of drug-likeness (QED) is 0.227. The van der Waals surface area contributed by atoms with Gasteiger partial charge in [0.15, 0.2) is 0 Å². The molecule has 0 radical (unpaired) electrons. The third kappa shape index (κ3) is 26.9. The van der Waals surface area contributed by atoms with Gasteiger partial charge in [-0.15, -0.1) is 0 Å². The molecule has 0 amide bonds. The fourth-order valence-electron chi connectivity index (χ4n) is 1.72. The average Bonchev–Trinajstić information content (AvgIpc) is 2.08. The van der Waals surface area contributed by atoms with Gasteiger partial charge in [0.25, 0.3) is 0 Å². The van der Waals surface area contributed by atoms with E-state index in [0.29, 0.717) is 0 Å². The zero-order valence-electron chi connectivity index (χ0n) is 12.6. The van der Waals surface area contributed by atoms with Crippen LogP contribution in [0.4, 0.5) is 0 Å². The fourth-order valence-corrected chi connectivity index (χ4v) is 1.72. The van der Waals surface area contributed by atoms with Crippen LogP contribution in [0.3, 0.4) is 0 Å². The van der Waals surface area contributed by atoms with Crippen LogP contribution in [0, 0.1) is 0 Å². The van der Waals surface area contributed by atoms with Crippen LogP contribution in [0.15, 0.2) is 0 Å². The van der Waals surface area contributed by atoms with Crippen LogP contribution in [0.1, 0.15) is 58.3 Å². The second-order valence-corrected chi connectivity index (χ2v) is 5.49. The van der Waals surface area contributed by atoms with Gasteiger partial charge in [-0.05, 0) is 12.8 Å². The molecular weight excluding hydrogens is 264 g/mol. The van der Waals surface area contributed by atoms with Gasteiger partial charge in [-0.25, -0.2) is 0 Å². The first-order chi connectivity index (χ1) is 6.56. The summed E-state index contributed by atoms with van der Waals surface area (Å²) < 4.78 is 1.12. The van der Waals surface area contributed by atoms with Crippen molar-refractivity contribution in [1.82, 2.24) is 0 Å². The van der Waals surface area contributed by atoms with E-state index in [4.69, 9.17) is 0 Å². The van der Waals surface area contributed by atoms with Crippen LogP contribution < -0.4 is 54.4 Å². The van der Waals surface area contributed by atoms with Gasteiger partial charge in [0.1, 0.15) is 0 Å². The summed E-state index contributed by atoms with van der Waals surface area (Å²) in [7, 11) is 6.84. The SMILES string of the molecule is CCCCCCCCCC[N+](C)(C)C.[Cl-].[Cl-].[Na+].